The SMILES string of the molecule is Cc1cc(-c2cn(F)n2C)cc(C)c1C. The number of aryl methyl sites for hydroxylation is 2. The van der Waals surface area contributed by atoms with E-state index in [9.17, 15) is 4.48 Å². The standard InChI is InChI=1S/C12H15FN2/c1-8-5-11(6-9(2)10(8)3)12-7-15(13)14(12)4/h5-7H,1-4H3. The minimum atomic E-state index is 0.583. The second kappa shape index (κ2) is 3.26. The van der Waals surface area contributed by atoms with Crippen LogP contribution in [-0.2, 0) is 7.05 Å². The lowest BCUT2D eigenvalue weighted by Crippen LogP contribution is -2.14. The quantitative estimate of drug-likeness (QED) is 0.678. The Morgan fingerprint density at radius 3 is 2.00 bits per heavy atom. The van der Waals surface area contributed by atoms with E-state index in [1.165, 1.54) is 27.6 Å². The van der Waals surface area contributed by atoms with Crippen molar-refractivity contribution < 1.29 is 4.48 Å². The highest BCUT2D eigenvalue weighted by atomic mass is 19.2. The van der Waals surface area contributed by atoms with Gasteiger partial charge in [-0.1, -0.05) is 4.48 Å². The highest BCUT2D eigenvalue weighted by Gasteiger charge is 2.11. The zero-order chi connectivity index (χ0) is 11.2. The molecule has 1 heterocycles. The van der Waals surface area contributed by atoms with Gasteiger partial charge in [-0.25, -0.2) is 0 Å². The monoisotopic (exact) mass is 206 g/mol. The highest BCUT2D eigenvalue weighted by molar-refractivity contribution is 5.63. The molecule has 0 amide bonds. The molecule has 2 nitrogen and oxygen atoms in total. The molecule has 3 heteroatoms. The minimum Gasteiger partial charge on any atom is -0.259 e. The first-order chi connectivity index (χ1) is 7.00. The molecule has 0 N–H and O–H groups in total. The third-order valence-corrected chi connectivity index (χ3v) is 3.09. The zero-order valence-electron chi connectivity index (χ0n) is 9.50. The lowest BCUT2D eigenvalue weighted by Gasteiger charge is -2.18. The Bertz CT molecular complexity index is 483. The third kappa shape index (κ3) is 1.48. The average Bonchev–Trinajstić information content (AvgIpc) is 2.21. The van der Waals surface area contributed by atoms with Gasteiger partial charge in [0.1, 0.15) is 0 Å². The van der Waals surface area contributed by atoms with Crippen LogP contribution in [0.2, 0.25) is 0 Å². The Morgan fingerprint density at radius 1 is 1.07 bits per heavy atom. The molecule has 80 valence electrons. The predicted octanol–water partition coefficient (Wildman–Crippen LogP) is 3.15. The van der Waals surface area contributed by atoms with Gasteiger partial charge in [0.05, 0.1) is 11.9 Å². The van der Waals surface area contributed by atoms with Gasteiger partial charge in [0.2, 0.25) is 0 Å². The predicted molar refractivity (Wildman–Crippen MR) is 59.6 cm³/mol. The molecule has 1 aromatic carbocycles. The number of aromatic nitrogens is 2. The lowest BCUT2D eigenvalue weighted by molar-refractivity contribution is 0.238. The fourth-order valence-corrected chi connectivity index (χ4v) is 1.76. The molecule has 0 spiro atoms. The maximum Gasteiger partial charge on any atom is 0.0877 e. The van der Waals surface area contributed by atoms with Crippen molar-refractivity contribution in [2.24, 2.45) is 7.05 Å². The topological polar surface area (TPSA) is 9.86 Å². The highest BCUT2D eigenvalue weighted by Crippen LogP contribution is 2.25. The van der Waals surface area contributed by atoms with E-state index in [-0.39, 0.29) is 0 Å². The molecule has 15 heavy (non-hydrogen) atoms. The van der Waals surface area contributed by atoms with Crippen LogP contribution in [0.3, 0.4) is 0 Å². The summed E-state index contributed by atoms with van der Waals surface area (Å²) in [5, 5.41) is 0. The van der Waals surface area contributed by atoms with E-state index < -0.39 is 0 Å². The molecule has 0 bridgehead atoms. The molecule has 0 unspecified atom stereocenters. The normalized spacial score (nSPS) is 11.0. The Morgan fingerprint density at radius 2 is 1.60 bits per heavy atom. The van der Waals surface area contributed by atoms with Crippen LogP contribution in [0.15, 0.2) is 18.3 Å². The number of nitrogens with zero attached hydrogens (tertiary/aromatic N) is 2. The number of benzene rings is 1. The zero-order valence-corrected chi connectivity index (χ0v) is 9.50. The van der Waals surface area contributed by atoms with E-state index in [1.54, 1.807) is 7.05 Å². The molecule has 0 fully saturated rings. The second-order valence-electron chi connectivity index (χ2n) is 4.06. The van der Waals surface area contributed by atoms with Crippen LogP contribution in [0, 0.1) is 20.8 Å². The Hall–Kier alpha value is -1.51. The summed E-state index contributed by atoms with van der Waals surface area (Å²) >= 11 is 0. The van der Waals surface area contributed by atoms with Crippen molar-refractivity contribution in [2.75, 3.05) is 0 Å². The molecule has 0 saturated heterocycles. The van der Waals surface area contributed by atoms with Gasteiger partial charge in [-0.3, -0.25) is 4.68 Å². The summed E-state index contributed by atoms with van der Waals surface area (Å²) in [6, 6.07) is 4.19. The Balaban J connectivity index is 2.53. The summed E-state index contributed by atoms with van der Waals surface area (Å²) in [6.07, 6.45) is 1.49. The van der Waals surface area contributed by atoms with Crippen molar-refractivity contribution in [3.05, 3.63) is 35.0 Å². The van der Waals surface area contributed by atoms with Gasteiger partial charge in [-0.15, -0.1) is 4.90 Å². The van der Waals surface area contributed by atoms with Gasteiger partial charge < -0.3 is 0 Å². The molecule has 2 rings (SSSR count). The van der Waals surface area contributed by atoms with Gasteiger partial charge in [-0.05, 0) is 49.6 Å². The summed E-state index contributed by atoms with van der Waals surface area (Å²) in [6.45, 7) is 6.27. The van der Waals surface area contributed by atoms with Crippen LogP contribution in [-0.4, -0.2) is 9.59 Å². The van der Waals surface area contributed by atoms with Gasteiger partial charge in [0.25, 0.3) is 0 Å². The number of hydrogen-bond acceptors (Lipinski definition) is 0. The molecule has 0 saturated carbocycles. The van der Waals surface area contributed by atoms with Crippen molar-refractivity contribution in [3.8, 4) is 11.3 Å². The molecule has 0 aliphatic heterocycles. The minimum absolute atomic E-state index is 0.583. The van der Waals surface area contributed by atoms with Gasteiger partial charge in [-0.2, -0.15) is 0 Å². The Kier molecular flexibility index (Phi) is 2.18. The van der Waals surface area contributed by atoms with E-state index in [0.717, 1.165) is 11.3 Å². The summed E-state index contributed by atoms with van der Waals surface area (Å²) in [5.74, 6) is 0. The lowest BCUT2D eigenvalue weighted by atomic mass is 9.99. The first-order valence-corrected chi connectivity index (χ1v) is 4.99. The first kappa shape index (κ1) is 10.0. The van der Waals surface area contributed by atoms with E-state index >= 15 is 0 Å². The summed E-state index contributed by atoms with van der Waals surface area (Å²) < 4.78 is 14.3. The van der Waals surface area contributed by atoms with Gasteiger partial charge in [0, 0.05) is 12.6 Å². The van der Waals surface area contributed by atoms with Crippen molar-refractivity contribution in [2.45, 2.75) is 20.8 Å². The van der Waals surface area contributed by atoms with Crippen LogP contribution in [0.1, 0.15) is 16.7 Å². The van der Waals surface area contributed by atoms with Crippen molar-refractivity contribution in [3.63, 3.8) is 0 Å². The smallest absolute Gasteiger partial charge is 0.0877 e. The fourth-order valence-electron chi connectivity index (χ4n) is 1.76. The third-order valence-electron chi connectivity index (χ3n) is 3.09. The molecule has 0 radical (unpaired) electrons. The van der Waals surface area contributed by atoms with Crippen molar-refractivity contribution in [1.82, 2.24) is 9.59 Å². The number of hydrogen-bond donors (Lipinski definition) is 0. The van der Waals surface area contributed by atoms with Crippen LogP contribution in [0.5, 0.6) is 0 Å². The second-order valence-corrected chi connectivity index (χ2v) is 4.06. The molecular formula is C12H15FN2. The maximum atomic E-state index is 12.8. The van der Waals surface area contributed by atoms with Crippen LogP contribution in [0.25, 0.3) is 11.3 Å². The Labute approximate surface area is 88.9 Å². The summed E-state index contributed by atoms with van der Waals surface area (Å²) in [4.78, 5) is 0.583. The van der Waals surface area contributed by atoms with Crippen LogP contribution < -0.4 is 0 Å². The van der Waals surface area contributed by atoms with Gasteiger partial charge >= 0.3 is 0 Å². The molecule has 0 aliphatic carbocycles. The molecule has 2 aromatic rings. The van der Waals surface area contributed by atoms with E-state index in [4.69, 9.17) is 0 Å². The summed E-state index contributed by atoms with van der Waals surface area (Å²) in [5.41, 5.74) is 5.79. The number of rotatable bonds is 1. The maximum absolute atomic E-state index is 12.8. The van der Waals surface area contributed by atoms with Crippen LogP contribution in [0.4, 0.5) is 4.48 Å². The number of halogens is 1. The molecular weight excluding hydrogens is 191 g/mol. The van der Waals surface area contributed by atoms with E-state index in [0.29, 0.717) is 4.90 Å². The average molecular weight is 206 g/mol. The van der Waals surface area contributed by atoms with E-state index in [1.807, 2.05) is 0 Å². The van der Waals surface area contributed by atoms with Crippen LogP contribution >= 0.6 is 0 Å². The largest absolute Gasteiger partial charge is 0.259 e. The molecule has 0 aliphatic rings. The fraction of sp³-hybridized carbons (Fsp3) is 0.333. The van der Waals surface area contributed by atoms with Gasteiger partial charge in [0.15, 0.2) is 0 Å². The molecule has 0 atom stereocenters. The summed E-state index contributed by atoms with van der Waals surface area (Å²) in [7, 11) is 1.71. The first-order valence-electron chi connectivity index (χ1n) is 4.99. The van der Waals surface area contributed by atoms with E-state index in [2.05, 4.69) is 32.9 Å². The van der Waals surface area contributed by atoms with Crippen molar-refractivity contribution >= 4 is 0 Å². The van der Waals surface area contributed by atoms with Crippen molar-refractivity contribution in [1.29, 1.82) is 0 Å². The molecule has 1 aromatic heterocycles.